The van der Waals surface area contributed by atoms with Crippen LogP contribution >= 0.6 is 11.6 Å². The van der Waals surface area contributed by atoms with Crippen molar-refractivity contribution < 1.29 is 14.3 Å². The minimum atomic E-state index is -0.270. The first-order valence-electron chi connectivity index (χ1n) is 8.53. The van der Waals surface area contributed by atoms with Gasteiger partial charge in [0.05, 0.1) is 7.11 Å². The molecule has 0 fully saturated rings. The third-order valence-electron chi connectivity index (χ3n) is 3.97. The van der Waals surface area contributed by atoms with E-state index < -0.39 is 0 Å². The zero-order valence-electron chi connectivity index (χ0n) is 15.3. The molecule has 0 atom stereocenters. The van der Waals surface area contributed by atoms with E-state index in [1.807, 2.05) is 0 Å². The lowest BCUT2D eigenvalue weighted by atomic mass is 10.2. The van der Waals surface area contributed by atoms with E-state index in [1.54, 1.807) is 31.4 Å². The molecule has 0 aliphatic carbocycles. The van der Waals surface area contributed by atoms with Crippen molar-refractivity contribution in [1.29, 1.82) is 0 Å². The first-order valence-corrected chi connectivity index (χ1v) is 8.91. The van der Waals surface area contributed by atoms with Crippen molar-refractivity contribution in [3.05, 3.63) is 47.2 Å². The highest BCUT2D eigenvalue weighted by atomic mass is 35.5. The van der Waals surface area contributed by atoms with Crippen molar-refractivity contribution in [3.8, 4) is 11.5 Å². The normalized spacial score (nSPS) is 10.7. The second-order valence-corrected chi connectivity index (χ2v) is 5.95. The molecule has 1 heterocycles. The van der Waals surface area contributed by atoms with Crippen LogP contribution in [0.5, 0.6) is 11.5 Å². The van der Waals surface area contributed by atoms with Crippen LogP contribution < -0.4 is 14.8 Å². The van der Waals surface area contributed by atoms with Gasteiger partial charge in [-0.25, -0.2) is 4.98 Å². The minimum absolute atomic E-state index is 0.270. The van der Waals surface area contributed by atoms with E-state index in [9.17, 15) is 4.79 Å². The number of aromatic nitrogens is 1. The Balaban J connectivity index is 2.06. The molecule has 1 N–H and O–H groups in total. The van der Waals surface area contributed by atoms with Crippen molar-refractivity contribution in [2.75, 3.05) is 38.7 Å². The SMILES string of the molecule is CCN(CC)CCOc1cc(NC(=O)c2ccnc(Cl)c2)ccc1OC. The van der Waals surface area contributed by atoms with Crippen molar-refractivity contribution in [1.82, 2.24) is 9.88 Å². The van der Waals surface area contributed by atoms with E-state index in [4.69, 9.17) is 21.1 Å². The second-order valence-electron chi connectivity index (χ2n) is 5.56. The van der Waals surface area contributed by atoms with E-state index in [-0.39, 0.29) is 11.1 Å². The first-order chi connectivity index (χ1) is 12.6. The van der Waals surface area contributed by atoms with Crippen molar-refractivity contribution in [2.24, 2.45) is 0 Å². The van der Waals surface area contributed by atoms with Gasteiger partial charge >= 0.3 is 0 Å². The molecule has 1 aromatic carbocycles. The number of rotatable bonds is 9. The molecule has 0 aliphatic heterocycles. The monoisotopic (exact) mass is 377 g/mol. The number of halogens is 1. The Hall–Kier alpha value is -2.31. The summed E-state index contributed by atoms with van der Waals surface area (Å²) in [6.45, 7) is 7.54. The Morgan fingerprint density at radius 3 is 2.62 bits per heavy atom. The number of hydrogen-bond donors (Lipinski definition) is 1. The molecular weight excluding hydrogens is 354 g/mol. The fourth-order valence-electron chi connectivity index (χ4n) is 2.44. The van der Waals surface area contributed by atoms with Crippen molar-refractivity contribution in [3.63, 3.8) is 0 Å². The van der Waals surface area contributed by atoms with Gasteiger partial charge in [0.15, 0.2) is 11.5 Å². The number of benzene rings is 1. The van der Waals surface area contributed by atoms with Gasteiger partial charge in [0.2, 0.25) is 0 Å². The van der Waals surface area contributed by atoms with Crippen LogP contribution in [0, 0.1) is 0 Å². The van der Waals surface area contributed by atoms with Crippen LogP contribution in [0.2, 0.25) is 5.15 Å². The maximum atomic E-state index is 12.3. The molecule has 1 amide bonds. The number of nitrogens with one attached hydrogen (secondary N) is 1. The Bertz CT molecular complexity index is 736. The molecule has 0 saturated heterocycles. The molecule has 0 unspecified atom stereocenters. The lowest BCUT2D eigenvalue weighted by molar-refractivity contribution is 0.102. The number of carbonyl (C=O) groups is 1. The standard InChI is InChI=1S/C19H24ClN3O3/c1-4-23(5-2)10-11-26-17-13-15(6-7-16(17)25-3)22-19(24)14-8-9-21-18(20)12-14/h6-9,12-13H,4-5,10-11H2,1-3H3,(H,22,24). The number of ether oxygens (including phenoxy) is 2. The molecule has 6 nitrogen and oxygen atoms in total. The molecule has 1 aromatic heterocycles. The van der Waals surface area contributed by atoms with Gasteiger partial charge in [0.1, 0.15) is 11.8 Å². The number of pyridine rings is 1. The Labute approximate surface area is 159 Å². The van der Waals surface area contributed by atoms with Gasteiger partial charge in [-0.1, -0.05) is 25.4 Å². The zero-order chi connectivity index (χ0) is 18.9. The molecule has 0 radical (unpaired) electrons. The molecule has 0 bridgehead atoms. The third kappa shape index (κ3) is 5.61. The first kappa shape index (κ1) is 20.0. The predicted octanol–water partition coefficient (Wildman–Crippen LogP) is 3.72. The summed E-state index contributed by atoms with van der Waals surface area (Å²) in [6.07, 6.45) is 1.49. The highest BCUT2D eigenvalue weighted by molar-refractivity contribution is 6.29. The number of methoxy groups -OCH3 is 1. The smallest absolute Gasteiger partial charge is 0.255 e. The fourth-order valence-corrected chi connectivity index (χ4v) is 2.61. The van der Waals surface area contributed by atoms with Crippen LogP contribution in [-0.2, 0) is 0 Å². The summed E-state index contributed by atoms with van der Waals surface area (Å²) >= 11 is 5.83. The molecule has 0 saturated carbocycles. The average Bonchev–Trinajstić information content (AvgIpc) is 2.65. The number of hydrogen-bond acceptors (Lipinski definition) is 5. The zero-order valence-corrected chi connectivity index (χ0v) is 16.0. The molecule has 0 spiro atoms. The molecule has 2 rings (SSSR count). The van der Waals surface area contributed by atoms with Crippen LogP contribution in [0.25, 0.3) is 0 Å². The van der Waals surface area contributed by atoms with Gasteiger partial charge in [0.25, 0.3) is 5.91 Å². The van der Waals surface area contributed by atoms with E-state index in [2.05, 4.69) is 29.0 Å². The Kier molecular flexibility index (Phi) is 7.69. The summed E-state index contributed by atoms with van der Waals surface area (Å²) in [4.78, 5) is 18.5. The van der Waals surface area contributed by atoms with Gasteiger partial charge in [-0.2, -0.15) is 0 Å². The van der Waals surface area contributed by atoms with E-state index in [0.29, 0.717) is 29.4 Å². The number of amides is 1. The van der Waals surface area contributed by atoms with Gasteiger partial charge in [-0.15, -0.1) is 0 Å². The van der Waals surface area contributed by atoms with E-state index in [1.165, 1.54) is 12.3 Å². The van der Waals surface area contributed by atoms with Gasteiger partial charge in [-0.3, -0.25) is 4.79 Å². The van der Waals surface area contributed by atoms with Crippen molar-refractivity contribution in [2.45, 2.75) is 13.8 Å². The topological polar surface area (TPSA) is 63.7 Å². The number of likely N-dealkylation sites (N-methyl/N-ethyl adjacent to an activating group) is 1. The summed E-state index contributed by atoms with van der Waals surface area (Å²) in [7, 11) is 1.59. The minimum Gasteiger partial charge on any atom is -0.493 e. The maximum absolute atomic E-state index is 12.3. The van der Waals surface area contributed by atoms with Crippen molar-refractivity contribution >= 4 is 23.2 Å². The summed E-state index contributed by atoms with van der Waals surface area (Å²) in [5.74, 6) is 0.938. The summed E-state index contributed by atoms with van der Waals surface area (Å²) < 4.78 is 11.2. The largest absolute Gasteiger partial charge is 0.493 e. The predicted molar refractivity (Wildman–Crippen MR) is 103 cm³/mol. The molecular formula is C19H24ClN3O3. The summed E-state index contributed by atoms with van der Waals surface area (Å²) in [5, 5.41) is 3.10. The average molecular weight is 378 g/mol. The van der Waals surface area contributed by atoms with E-state index >= 15 is 0 Å². The van der Waals surface area contributed by atoms with E-state index in [0.717, 1.165) is 19.6 Å². The highest BCUT2D eigenvalue weighted by Gasteiger charge is 2.11. The number of nitrogens with zero attached hydrogens (tertiary/aromatic N) is 2. The van der Waals surface area contributed by atoms with Gasteiger partial charge in [0, 0.05) is 30.1 Å². The molecule has 2 aromatic rings. The lowest BCUT2D eigenvalue weighted by Crippen LogP contribution is -2.28. The lowest BCUT2D eigenvalue weighted by Gasteiger charge is -2.19. The summed E-state index contributed by atoms with van der Waals surface area (Å²) in [5.41, 5.74) is 1.05. The molecule has 26 heavy (non-hydrogen) atoms. The highest BCUT2D eigenvalue weighted by Crippen LogP contribution is 2.30. The number of anilines is 1. The fraction of sp³-hybridized carbons (Fsp3) is 0.368. The Morgan fingerprint density at radius 1 is 1.19 bits per heavy atom. The molecule has 7 heteroatoms. The Morgan fingerprint density at radius 2 is 1.96 bits per heavy atom. The van der Waals surface area contributed by atoms with Crippen LogP contribution in [-0.4, -0.2) is 49.1 Å². The maximum Gasteiger partial charge on any atom is 0.255 e. The van der Waals surface area contributed by atoms with Crippen LogP contribution in [0.4, 0.5) is 5.69 Å². The second kappa shape index (κ2) is 9.99. The summed E-state index contributed by atoms with van der Waals surface area (Å²) in [6, 6.07) is 8.40. The quantitative estimate of drug-likeness (QED) is 0.675. The number of carbonyl (C=O) groups excluding carboxylic acids is 1. The third-order valence-corrected chi connectivity index (χ3v) is 4.18. The van der Waals surface area contributed by atoms with Crippen LogP contribution in [0.15, 0.2) is 36.5 Å². The van der Waals surface area contributed by atoms with Crippen LogP contribution in [0.1, 0.15) is 24.2 Å². The van der Waals surface area contributed by atoms with Crippen LogP contribution in [0.3, 0.4) is 0 Å². The van der Waals surface area contributed by atoms with Gasteiger partial charge < -0.3 is 19.7 Å². The molecule has 140 valence electrons. The molecule has 0 aliphatic rings. The van der Waals surface area contributed by atoms with Gasteiger partial charge in [-0.05, 0) is 37.4 Å².